The minimum atomic E-state index is 0.590. The van der Waals surface area contributed by atoms with E-state index in [1.165, 1.54) is 12.8 Å². The SMILES string of the molecule is CCCC(CN)N[SiH3]. The van der Waals surface area contributed by atoms with Crippen LogP contribution in [0.25, 0.3) is 0 Å². The van der Waals surface area contributed by atoms with Gasteiger partial charge in [0.25, 0.3) is 0 Å². The smallest absolute Gasteiger partial charge is 0.0753 e. The molecule has 2 nitrogen and oxygen atoms in total. The van der Waals surface area contributed by atoms with Crippen LogP contribution < -0.4 is 10.7 Å². The van der Waals surface area contributed by atoms with Crippen molar-refractivity contribution in [1.82, 2.24) is 4.98 Å². The van der Waals surface area contributed by atoms with E-state index in [1.54, 1.807) is 0 Å². The zero-order valence-electron chi connectivity index (χ0n) is 5.78. The van der Waals surface area contributed by atoms with E-state index in [9.17, 15) is 0 Å². The molecule has 3 heteroatoms. The number of hydrogen-bond donors (Lipinski definition) is 2. The molecule has 0 amide bonds. The summed E-state index contributed by atoms with van der Waals surface area (Å²) >= 11 is 0. The molecule has 0 aromatic rings. The van der Waals surface area contributed by atoms with E-state index in [4.69, 9.17) is 5.73 Å². The molecule has 1 atom stereocenters. The first-order valence-electron chi connectivity index (χ1n) is 3.22. The van der Waals surface area contributed by atoms with Crippen LogP contribution in [0.15, 0.2) is 0 Å². The molecule has 0 heterocycles. The lowest BCUT2D eigenvalue weighted by Gasteiger charge is -2.10. The molecule has 0 spiro atoms. The summed E-state index contributed by atoms with van der Waals surface area (Å²) in [7, 11) is 1.07. The summed E-state index contributed by atoms with van der Waals surface area (Å²) in [4.78, 5) is 3.27. The van der Waals surface area contributed by atoms with Crippen molar-refractivity contribution in [2.45, 2.75) is 25.8 Å². The van der Waals surface area contributed by atoms with Gasteiger partial charge in [0, 0.05) is 12.6 Å². The highest BCUT2D eigenvalue weighted by Gasteiger charge is 1.97. The standard InChI is InChI=1S/C5H16N2Si/c1-2-3-5(4-6)7-8/h5,7H,2-4,6H2,1,8H3. The van der Waals surface area contributed by atoms with Gasteiger partial charge < -0.3 is 10.7 Å². The molecule has 0 bridgehead atoms. The Hall–Kier alpha value is 0.137. The Morgan fingerprint density at radius 3 is 2.50 bits per heavy atom. The van der Waals surface area contributed by atoms with Crippen molar-refractivity contribution in [3.05, 3.63) is 0 Å². The van der Waals surface area contributed by atoms with Gasteiger partial charge in [-0.3, -0.25) is 0 Å². The molecule has 1 unspecified atom stereocenters. The third kappa shape index (κ3) is 3.18. The van der Waals surface area contributed by atoms with Crippen molar-refractivity contribution in [3.8, 4) is 0 Å². The van der Waals surface area contributed by atoms with E-state index < -0.39 is 0 Å². The van der Waals surface area contributed by atoms with E-state index >= 15 is 0 Å². The Bertz CT molecular complexity index is 45.7. The van der Waals surface area contributed by atoms with E-state index in [2.05, 4.69) is 11.9 Å². The van der Waals surface area contributed by atoms with Gasteiger partial charge >= 0.3 is 0 Å². The summed E-state index contributed by atoms with van der Waals surface area (Å²) in [5, 5.41) is 0. The number of hydrogen-bond acceptors (Lipinski definition) is 2. The Labute approximate surface area is 54.3 Å². The summed E-state index contributed by atoms with van der Waals surface area (Å²) < 4.78 is 0. The number of nitrogens with two attached hydrogens (primary N) is 1. The highest BCUT2D eigenvalue weighted by atomic mass is 28.2. The van der Waals surface area contributed by atoms with Gasteiger partial charge in [-0.05, 0) is 6.42 Å². The average molecular weight is 132 g/mol. The molecule has 0 radical (unpaired) electrons. The summed E-state index contributed by atoms with van der Waals surface area (Å²) in [5.41, 5.74) is 5.43. The first-order chi connectivity index (χ1) is 3.85. The van der Waals surface area contributed by atoms with E-state index in [-0.39, 0.29) is 0 Å². The second kappa shape index (κ2) is 5.28. The van der Waals surface area contributed by atoms with Crippen molar-refractivity contribution < 1.29 is 0 Å². The maximum atomic E-state index is 5.43. The maximum Gasteiger partial charge on any atom is 0.0753 e. The minimum Gasteiger partial charge on any atom is -0.342 e. The van der Waals surface area contributed by atoms with Crippen LogP contribution in [0.4, 0.5) is 0 Å². The monoisotopic (exact) mass is 132 g/mol. The predicted octanol–water partition coefficient (Wildman–Crippen LogP) is -1.02. The van der Waals surface area contributed by atoms with Gasteiger partial charge in [0.05, 0.1) is 10.4 Å². The second-order valence-electron chi connectivity index (χ2n) is 2.01. The van der Waals surface area contributed by atoms with Crippen molar-refractivity contribution in [2.24, 2.45) is 5.73 Å². The molecule has 0 aromatic carbocycles. The molecule has 3 N–H and O–H groups in total. The summed E-state index contributed by atoms with van der Waals surface area (Å²) in [5.74, 6) is 0. The molecule has 0 saturated heterocycles. The topological polar surface area (TPSA) is 38.0 Å². The number of nitrogens with one attached hydrogen (secondary N) is 1. The lowest BCUT2D eigenvalue weighted by Crippen LogP contribution is -2.33. The minimum absolute atomic E-state index is 0.590. The van der Waals surface area contributed by atoms with Gasteiger partial charge in [-0.25, -0.2) is 0 Å². The molecule has 0 aliphatic carbocycles. The largest absolute Gasteiger partial charge is 0.342 e. The van der Waals surface area contributed by atoms with Crippen molar-refractivity contribution >= 4 is 10.4 Å². The van der Waals surface area contributed by atoms with Gasteiger partial charge in [0.2, 0.25) is 0 Å². The average Bonchev–Trinajstić information content (AvgIpc) is 1.83. The summed E-state index contributed by atoms with van der Waals surface area (Å²) in [6.45, 7) is 2.97. The van der Waals surface area contributed by atoms with Crippen LogP contribution in [0.2, 0.25) is 0 Å². The Morgan fingerprint density at radius 1 is 1.75 bits per heavy atom. The third-order valence-corrected chi connectivity index (χ3v) is 2.15. The highest BCUT2D eigenvalue weighted by Crippen LogP contribution is 1.91. The fraction of sp³-hybridized carbons (Fsp3) is 1.00. The van der Waals surface area contributed by atoms with Crippen LogP contribution in [0.3, 0.4) is 0 Å². The fourth-order valence-corrected chi connectivity index (χ4v) is 1.25. The van der Waals surface area contributed by atoms with Crippen molar-refractivity contribution in [3.63, 3.8) is 0 Å². The fourth-order valence-electron chi connectivity index (χ4n) is 0.729. The van der Waals surface area contributed by atoms with Gasteiger partial charge in [-0.15, -0.1) is 0 Å². The van der Waals surface area contributed by atoms with Crippen LogP contribution in [0.1, 0.15) is 19.8 Å². The lowest BCUT2D eigenvalue weighted by atomic mass is 10.2. The van der Waals surface area contributed by atoms with E-state index in [1.807, 2.05) is 0 Å². The normalized spacial score (nSPS) is 14.2. The first kappa shape index (κ1) is 8.14. The molecule has 0 aliphatic rings. The lowest BCUT2D eigenvalue weighted by molar-refractivity contribution is 0.574. The van der Waals surface area contributed by atoms with E-state index in [0.29, 0.717) is 6.04 Å². The van der Waals surface area contributed by atoms with Crippen LogP contribution >= 0.6 is 0 Å². The number of rotatable bonds is 4. The van der Waals surface area contributed by atoms with Gasteiger partial charge in [-0.2, -0.15) is 0 Å². The quantitative estimate of drug-likeness (QED) is 0.481. The zero-order chi connectivity index (χ0) is 6.41. The van der Waals surface area contributed by atoms with Crippen LogP contribution in [-0.2, 0) is 0 Å². The highest BCUT2D eigenvalue weighted by molar-refractivity contribution is 6.04. The van der Waals surface area contributed by atoms with Crippen LogP contribution in [-0.4, -0.2) is 23.0 Å². The molecule has 8 heavy (non-hydrogen) atoms. The van der Waals surface area contributed by atoms with Crippen LogP contribution in [0, 0.1) is 0 Å². The maximum absolute atomic E-state index is 5.43. The van der Waals surface area contributed by atoms with Gasteiger partial charge in [0.1, 0.15) is 0 Å². The Kier molecular flexibility index (Phi) is 5.37. The van der Waals surface area contributed by atoms with Gasteiger partial charge in [0.15, 0.2) is 0 Å². The molecule has 50 valence electrons. The molecule has 0 saturated carbocycles. The van der Waals surface area contributed by atoms with Crippen molar-refractivity contribution in [1.29, 1.82) is 0 Å². The second-order valence-corrected chi connectivity index (χ2v) is 2.59. The molecule has 0 rings (SSSR count). The first-order valence-corrected chi connectivity index (χ1v) is 4.22. The Balaban J connectivity index is 3.07. The molecule has 0 aliphatic heterocycles. The third-order valence-electron chi connectivity index (χ3n) is 1.33. The molecule has 0 fully saturated rings. The van der Waals surface area contributed by atoms with Gasteiger partial charge in [-0.1, -0.05) is 13.3 Å². The molecular weight excluding hydrogens is 116 g/mol. The summed E-state index contributed by atoms with van der Waals surface area (Å²) in [6.07, 6.45) is 2.46. The van der Waals surface area contributed by atoms with Crippen molar-refractivity contribution in [2.75, 3.05) is 6.54 Å². The van der Waals surface area contributed by atoms with E-state index in [0.717, 1.165) is 16.9 Å². The van der Waals surface area contributed by atoms with Crippen LogP contribution in [0.5, 0.6) is 0 Å². The molecular formula is C5H16N2Si. The molecule has 0 aromatic heterocycles. The Morgan fingerprint density at radius 2 is 2.38 bits per heavy atom. The summed E-state index contributed by atoms with van der Waals surface area (Å²) in [6, 6.07) is 0.590. The predicted molar refractivity (Wildman–Crippen MR) is 40.8 cm³/mol. The zero-order valence-corrected chi connectivity index (χ0v) is 7.78.